The highest BCUT2D eigenvalue weighted by molar-refractivity contribution is 7.15. The number of anilines is 1. The molecule has 2 amide bonds. The normalized spacial score (nSPS) is 17.3. The van der Waals surface area contributed by atoms with Crippen molar-refractivity contribution in [2.45, 2.75) is 39.2 Å². The van der Waals surface area contributed by atoms with Crippen LogP contribution in [0.4, 0.5) is 5.13 Å². The molecule has 144 valence electrons. The van der Waals surface area contributed by atoms with Crippen LogP contribution in [0.1, 0.15) is 37.8 Å². The van der Waals surface area contributed by atoms with Gasteiger partial charge in [-0.05, 0) is 26.8 Å². The lowest BCUT2D eigenvalue weighted by Crippen LogP contribution is -2.42. The number of ether oxygens (including phenoxy) is 1. The monoisotopic (exact) mass is 388 g/mol. The van der Waals surface area contributed by atoms with Crippen molar-refractivity contribution in [3.63, 3.8) is 0 Å². The summed E-state index contributed by atoms with van der Waals surface area (Å²) in [5.74, 6) is 0.259. The number of nitrogens with zero attached hydrogens (tertiary/aromatic N) is 3. The number of carbonyl (C=O) groups excluding carboxylic acids is 2. The van der Waals surface area contributed by atoms with Crippen molar-refractivity contribution < 1.29 is 14.3 Å². The van der Waals surface area contributed by atoms with E-state index >= 15 is 0 Å². The Hall–Kier alpha value is -2.48. The molecule has 0 spiro atoms. The summed E-state index contributed by atoms with van der Waals surface area (Å²) < 4.78 is 5.35. The zero-order valence-electron chi connectivity index (χ0n) is 16.0. The summed E-state index contributed by atoms with van der Waals surface area (Å²) in [4.78, 5) is 26.4. The molecular formula is C19H24N4O3S. The molecule has 2 aromatic rings. The maximum Gasteiger partial charge on any atom is 0.231 e. The first kappa shape index (κ1) is 19.3. The van der Waals surface area contributed by atoms with Crippen LogP contribution >= 0.6 is 11.3 Å². The summed E-state index contributed by atoms with van der Waals surface area (Å²) in [5, 5.41) is 12.3. The molecular weight excluding hydrogens is 364 g/mol. The van der Waals surface area contributed by atoms with Gasteiger partial charge in [0.25, 0.3) is 0 Å². The third-order valence-corrected chi connectivity index (χ3v) is 5.38. The SMILES string of the molecule is COc1ccccc1Cc1nnc(NC(=O)[C@@H]2CC(=O)N(C(C)(C)C)C2)s1. The van der Waals surface area contributed by atoms with E-state index in [0.717, 1.165) is 16.3 Å². The van der Waals surface area contributed by atoms with Crippen LogP contribution in [0.2, 0.25) is 0 Å². The van der Waals surface area contributed by atoms with Gasteiger partial charge in [-0.3, -0.25) is 9.59 Å². The third-order valence-electron chi connectivity index (χ3n) is 4.54. The molecule has 1 fully saturated rings. The number of nitrogens with one attached hydrogen (secondary N) is 1. The highest BCUT2D eigenvalue weighted by Crippen LogP contribution is 2.28. The van der Waals surface area contributed by atoms with E-state index in [9.17, 15) is 9.59 Å². The lowest BCUT2D eigenvalue weighted by atomic mass is 10.1. The average Bonchev–Trinajstić information content (AvgIpc) is 3.21. The Bertz CT molecular complexity index is 843. The summed E-state index contributed by atoms with van der Waals surface area (Å²) in [6.45, 7) is 6.35. The van der Waals surface area contributed by atoms with Crippen LogP contribution in [-0.2, 0) is 16.0 Å². The summed E-state index contributed by atoms with van der Waals surface area (Å²) in [5.41, 5.74) is 0.729. The molecule has 0 saturated carbocycles. The maximum atomic E-state index is 12.5. The number of hydrogen-bond acceptors (Lipinski definition) is 6. The molecule has 1 aromatic heterocycles. The highest BCUT2D eigenvalue weighted by Gasteiger charge is 2.39. The molecule has 0 aliphatic carbocycles. The molecule has 1 saturated heterocycles. The standard InChI is InChI=1S/C19H24N4O3S/c1-19(2,3)23-11-13(10-16(23)24)17(25)20-18-22-21-15(27-18)9-12-7-5-6-8-14(12)26-4/h5-8,13H,9-11H2,1-4H3,(H,20,22,25)/t13-/m1/s1. The predicted molar refractivity (Wildman–Crippen MR) is 104 cm³/mol. The molecule has 3 rings (SSSR count). The Labute approximate surface area is 162 Å². The lowest BCUT2D eigenvalue weighted by Gasteiger charge is -2.31. The zero-order valence-corrected chi connectivity index (χ0v) is 16.8. The quantitative estimate of drug-likeness (QED) is 0.851. The molecule has 1 aliphatic rings. The van der Waals surface area contributed by atoms with E-state index in [1.54, 1.807) is 12.0 Å². The van der Waals surface area contributed by atoms with Gasteiger partial charge in [0, 0.05) is 30.5 Å². The van der Waals surface area contributed by atoms with Crippen LogP contribution < -0.4 is 10.1 Å². The number of benzene rings is 1. The second kappa shape index (κ2) is 7.64. The van der Waals surface area contributed by atoms with Crippen molar-refractivity contribution in [3.05, 3.63) is 34.8 Å². The van der Waals surface area contributed by atoms with Gasteiger partial charge in [0.2, 0.25) is 16.9 Å². The van der Waals surface area contributed by atoms with Crippen LogP contribution in [0, 0.1) is 5.92 Å². The largest absolute Gasteiger partial charge is 0.496 e. The molecule has 1 N–H and O–H groups in total. The summed E-state index contributed by atoms with van der Waals surface area (Å²) in [6, 6.07) is 7.73. The van der Waals surface area contributed by atoms with E-state index in [2.05, 4.69) is 15.5 Å². The number of amides is 2. The zero-order chi connectivity index (χ0) is 19.6. The number of methoxy groups -OCH3 is 1. The molecule has 8 heteroatoms. The Morgan fingerprint density at radius 2 is 2.07 bits per heavy atom. The molecule has 27 heavy (non-hydrogen) atoms. The van der Waals surface area contributed by atoms with Crippen molar-refractivity contribution in [1.82, 2.24) is 15.1 Å². The number of para-hydroxylation sites is 1. The number of carbonyl (C=O) groups is 2. The topological polar surface area (TPSA) is 84.4 Å². The molecule has 2 heterocycles. The smallest absolute Gasteiger partial charge is 0.231 e. The molecule has 1 atom stereocenters. The summed E-state index contributed by atoms with van der Waals surface area (Å²) >= 11 is 1.33. The van der Waals surface area contributed by atoms with Gasteiger partial charge in [0.15, 0.2) is 0 Å². The van der Waals surface area contributed by atoms with E-state index in [1.807, 2.05) is 45.0 Å². The number of aromatic nitrogens is 2. The third kappa shape index (κ3) is 4.44. The molecule has 1 aromatic carbocycles. The molecule has 0 unspecified atom stereocenters. The van der Waals surface area contributed by atoms with E-state index in [4.69, 9.17) is 4.74 Å². The van der Waals surface area contributed by atoms with Gasteiger partial charge >= 0.3 is 0 Å². The molecule has 0 radical (unpaired) electrons. The Kier molecular flexibility index (Phi) is 5.46. The second-order valence-electron chi connectivity index (χ2n) is 7.56. The average molecular weight is 388 g/mol. The minimum atomic E-state index is -0.363. The Morgan fingerprint density at radius 1 is 1.33 bits per heavy atom. The van der Waals surface area contributed by atoms with Gasteiger partial charge in [-0.15, -0.1) is 10.2 Å². The molecule has 7 nitrogen and oxygen atoms in total. The maximum absolute atomic E-state index is 12.5. The fourth-order valence-electron chi connectivity index (χ4n) is 3.13. The minimum Gasteiger partial charge on any atom is -0.496 e. The van der Waals surface area contributed by atoms with Crippen molar-refractivity contribution in [2.75, 3.05) is 19.0 Å². The van der Waals surface area contributed by atoms with Gasteiger partial charge < -0.3 is 15.0 Å². The van der Waals surface area contributed by atoms with Crippen LogP contribution in [0.15, 0.2) is 24.3 Å². The van der Waals surface area contributed by atoms with Gasteiger partial charge in [0.1, 0.15) is 10.8 Å². The van der Waals surface area contributed by atoms with Gasteiger partial charge in [-0.25, -0.2) is 0 Å². The summed E-state index contributed by atoms with van der Waals surface area (Å²) in [6.07, 6.45) is 0.813. The minimum absolute atomic E-state index is 0.0109. The van der Waals surface area contributed by atoms with E-state index < -0.39 is 0 Å². The summed E-state index contributed by atoms with van der Waals surface area (Å²) in [7, 11) is 1.63. The van der Waals surface area contributed by atoms with Crippen molar-refractivity contribution in [1.29, 1.82) is 0 Å². The van der Waals surface area contributed by atoms with Gasteiger partial charge in [0.05, 0.1) is 13.0 Å². The first-order chi connectivity index (χ1) is 12.8. The Balaban J connectivity index is 1.63. The lowest BCUT2D eigenvalue weighted by molar-refractivity contribution is -0.131. The second-order valence-corrected chi connectivity index (χ2v) is 8.62. The molecule has 0 bridgehead atoms. The predicted octanol–water partition coefficient (Wildman–Crippen LogP) is 2.72. The van der Waals surface area contributed by atoms with Gasteiger partial charge in [-0.1, -0.05) is 29.5 Å². The fraction of sp³-hybridized carbons (Fsp3) is 0.474. The van der Waals surface area contributed by atoms with Crippen LogP contribution in [0.5, 0.6) is 5.75 Å². The fourth-order valence-corrected chi connectivity index (χ4v) is 3.89. The Morgan fingerprint density at radius 3 is 2.74 bits per heavy atom. The number of hydrogen-bond donors (Lipinski definition) is 1. The first-order valence-electron chi connectivity index (χ1n) is 8.83. The molecule has 1 aliphatic heterocycles. The highest BCUT2D eigenvalue weighted by atomic mass is 32.1. The van der Waals surface area contributed by atoms with Crippen LogP contribution in [-0.4, -0.2) is 46.1 Å². The van der Waals surface area contributed by atoms with Crippen LogP contribution in [0.25, 0.3) is 0 Å². The van der Waals surface area contributed by atoms with Gasteiger partial charge in [-0.2, -0.15) is 0 Å². The van der Waals surface area contributed by atoms with E-state index in [1.165, 1.54) is 11.3 Å². The number of rotatable bonds is 5. The van der Waals surface area contributed by atoms with Crippen molar-refractivity contribution in [2.24, 2.45) is 5.92 Å². The van der Waals surface area contributed by atoms with E-state index in [-0.39, 0.29) is 29.7 Å². The van der Waals surface area contributed by atoms with E-state index in [0.29, 0.717) is 18.1 Å². The van der Waals surface area contributed by atoms with Crippen molar-refractivity contribution in [3.8, 4) is 5.75 Å². The van der Waals surface area contributed by atoms with Crippen molar-refractivity contribution >= 4 is 28.3 Å². The van der Waals surface area contributed by atoms with Crippen LogP contribution in [0.3, 0.4) is 0 Å². The number of likely N-dealkylation sites (tertiary alicyclic amines) is 1. The first-order valence-corrected chi connectivity index (χ1v) is 9.65.